The summed E-state index contributed by atoms with van der Waals surface area (Å²) in [4.78, 5) is 11.4. The molecule has 1 aliphatic rings. The molecule has 2 N–H and O–H groups in total. The lowest BCUT2D eigenvalue weighted by atomic mass is 9.89. The van der Waals surface area contributed by atoms with Crippen LogP contribution in [0.15, 0.2) is 18.2 Å². The summed E-state index contributed by atoms with van der Waals surface area (Å²) >= 11 is 0. The van der Waals surface area contributed by atoms with E-state index in [9.17, 15) is 9.90 Å². The second-order valence-electron chi connectivity index (χ2n) is 4.46. The van der Waals surface area contributed by atoms with Crippen LogP contribution < -0.4 is 10.1 Å². The molecule has 100 valence electrons. The van der Waals surface area contributed by atoms with Crippen molar-refractivity contribution in [3.63, 3.8) is 0 Å². The van der Waals surface area contributed by atoms with E-state index in [1.807, 2.05) is 18.2 Å². The molecule has 1 aromatic carbocycles. The Labute approximate surface area is 111 Å². The number of fused-ring (bicyclic) bond motifs is 1. The first-order valence-electron chi connectivity index (χ1n) is 6.28. The topological polar surface area (TPSA) is 82.4 Å². The van der Waals surface area contributed by atoms with E-state index in [-0.39, 0.29) is 19.1 Å². The number of carbonyl (C=O) groups is 1. The van der Waals surface area contributed by atoms with Crippen LogP contribution in [-0.2, 0) is 11.2 Å². The molecule has 0 aromatic heterocycles. The molecule has 1 atom stereocenters. The molecule has 0 radical (unpaired) electrons. The van der Waals surface area contributed by atoms with Crippen LogP contribution in [0.25, 0.3) is 0 Å². The molecule has 1 amide bonds. The maximum absolute atomic E-state index is 11.4. The van der Waals surface area contributed by atoms with Gasteiger partial charge in [-0.3, -0.25) is 4.79 Å². The molecule has 1 aromatic rings. The number of aliphatic hydroxyl groups is 1. The van der Waals surface area contributed by atoms with Gasteiger partial charge in [0.05, 0.1) is 12.2 Å². The maximum atomic E-state index is 11.4. The predicted molar refractivity (Wildman–Crippen MR) is 68.5 cm³/mol. The Kier molecular flexibility index (Phi) is 4.37. The van der Waals surface area contributed by atoms with Crippen LogP contribution in [0.4, 0.5) is 0 Å². The molecule has 0 heterocycles. The average molecular weight is 260 g/mol. The number of nitrogens with one attached hydrogen (secondary N) is 1. The molecule has 5 heteroatoms. The third-order valence-electron chi connectivity index (χ3n) is 3.16. The van der Waals surface area contributed by atoms with Crippen LogP contribution in [-0.4, -0.2) is 24.2 Å². The van der Waals surface area contributed by atoms with Gasteiger partial charge in [-0.1, -0.05) is 12.1 Å². The third kappa shape index (κ3) is 3.24. The number of amides is 1. The Morgan fingerprint density at radius 3 is 3.21 bits per heavy atom. The van der Waals surface area contributed by atoms with Gasteiger partial charge in [-0.2, -0.15) is 5.26 Å². The number of rotatable bonds is 4. The van der Waals surface area contributed by atoms with Crippen LogP contribution in [0.5, 0.6) is 5.75 Å². The van der Waals surface area contributed by atoms with Gasteiger partial charge >= 0.3 is 0 Å². The van der Waals surface area contributed by atoms with Crippen molar-refractivity contribution < 1.29 is 14.6 Å². The summed E-state index contributed by atoms with van der Waals surface area (Å²) in [5, 5.41) is 20.7. The van der Waals surface area contributed by atoms with Gasteiger partial charge in [-0.05, 0) is 36.5 Å². The van der Waals surface area contributed by atoms with Gasteiger partial charge < -0.3 is 15.2 Å². The van der Waals surface area contributed by atoms with E-state index >= 15 is 0 Å². The Morgan fingerprint density at radius 1 is 1.58 bits per heavy atom. The lowest BCUT2D eigenvalue weighted by Gasteiger charge is -2.23. The summed E-state index contributed by atoms with van der Waals surface area (Å²) in [6.07, 6.45) is 2.08. The monoisotopic (exact) mass is 260 g/mol. The first kappa shape index (κ1) is 13.4. The Hall–Kier alpha value is -2.06. The van der Waals surface area contributed by atoms with Gasteiger partial charge in [0.15, 0.2) is 6.61 Å². The number of ether oxygens (including phenoxy) is 1. The normalized spacial score (nSPS) is 17.2. The van der Waals surface area contributed by atoms with Gasteiger partial charge in [0.1, 0.15) is 12.3 Å². The van der Waals surface area contributed by atoms with Gasteiger partial charge in [0.25, 0.3) is 5.91 Å². The minimum atomic E-state index is -0.445. The van der Waals surface area contributed by atoms with Crippen molar-refractivity contribution in [3.8, 4) is 11.8 Å². The molecule has 0 fully saturated rings. The minimum Gasteiger partial charge on any atom is -0.483 e. The van der Waals surface area contributed by atoms with Gasteiger partial charge in [-0.15, -0.1) is 0 Å². The summed E-state index contributed by atoms with van der Waals surface area (Å²) in [5.74, 6) is 0.318. The molecule has 0 saturated heterocycles. The quantitative estimate of drug-likeness (QED) is 0.793. The number of carbonyl (C=O) groups excluding carboxylic acids is 1. The van der Waals surface area contributed by atoms with Gasteiger partial charge in [0, 0.05) is 0 Å². The minimum absolute atomic E-state index is 0.0200. The van der Waals surface area contributed by atoms with Crippen molar-refractivity contribution in [2.45, 2.75) is 25.4 Å². The molecule has 5 nitrogen and oxygen atoms in total. The zero-order valence-electron chi connectivity index (χ0n) is 10.6. The third-order valence-corrected chi connectivity index (χ3v) is 3.16. The number of nitriles is 1. The van der Waals surface area contributed by atoms with Gasteiger partial charge in [0.2, 0.25) is 0 Å². The highest BCUT2D eigenvalue weighted by atomic mass is 16.5. The Balaban J connectivity index is 2.03. The predicted octanol–water partition coefficient (Wildman–Crippen LogP) is 1.07. The molecule has 0 aliphatic heterocycles. The van der Waals surface area contributed by atoms with E-state index in [1.54, 1.807) is 6.07 Å². The van der Waals surface area contributed by atoms with E-state index in [1.165, 1.54) is 0 Å². The Bertz CT molecular complexity index is 508. The number of nitrogens with zero attached hydrogens (tertiary/aromatic N) is 1. The summed E-state index contributed by atoms with van der Waals surface area (Å²) in [6.45, 7) is -0.137. The fraction of sp³-hybridized carbons (Fsp3) is 0.429. The zero-order chi connectivity index (χ0) is 13.7. The zero-order valence-corrected chi connectivity index (χ0v) is 10.6. The first-order valence-corrected chi connectivity index (χ1v) is 6.28. The molecule has 19 heavy (non-hydrogen) atoms. The van der Waals surface area contributed by atoms with Crippen molar-refractivity contribution in [1.82, 2.24) is 5.32 Å². The number of hydrogen-bond acceptors (Lipinski definition) is 4. The van der Waals surface area contributed by atoms with Crippen LogP contribution >= 0.6 is 0 Å². The van der Waals surface area contributed by atoms with Crippen LogP contribution in [0, 0.1) is 11.3 Å². The highest BCUT2D eigenvalue weighted by Crippen LogP contribution is 2.35. The maximum Gasteiger partial charge on any atom is 0.258 e. The van der Waals surface area contributed by atoms with E-state index in [0.717, 1.165) is 30.4 Å². The number of hydrogen-bond donors (Lipinski definition) is 2. The second kappa shape index (κ2) is 6.21. The van der Waals surface area contributed by atoms with Gasteiger partial charge in [-0.25, -0.2) is 0 Å². The molecule has 1 aliphatic carbocycles. The molecular formula is C14H16N2O3. The molecular weight excluding hydrogens is 244 g/mol. The lowest BCUT2D eigenvalue weighted by Crippen LogP contribution is -2.29. The van der Waals surface area contributed by atoms with Crippen molar-refractivity contribution >= 4 is 5.91 Å². The standard InChI is InChI=1S/C14H16N2O3/c15-7-8-16-14(18)9-19-13-6-2-3-10-11(13)4-1-5-12(10)17/h2-3,6,12,17H,1,4-5,8-9H2,(H,16,18). The fourth-order valence-electron chi connectivity index (χ4n) is 2.26. The van der Waals surface area contributed by atoms with Crippen LogP contribution in [0.2, 0.25) is 0 Å². The van der Waals surface area contributed by atoms with E-state index in [2.05, 4.69) is 5.32 Å². The molecule has 2 rings (SSSR count). The summed E-state index contributed by atoms with van der Waals surface area (Å²) < 4.78 is 5.48. The van der Waals surface area contributed by atoms with E-state index in [4.69, 9.17) is 10.00 Å². The Morgan fingerprint density at radius 2 is 2.42 bits per heavy atom. The van der Waals surface area contributed by atoms with Crippen molar-refractivity contribution in [2.75, 3.05) is 13.2 Å². The van der Waals surface area contributed by atoms with Crippen molar-refractivity contribution in [2.24, 2.45) is 0 Å². The fourth-order valence-corrected chi connectivity index (χ4v) is 2.26. The summed E-state index contributed by atoms with van der Waals surface area (Å²) in [5.41, 5.74) is 1.87. The second-order valence-corrected chi connectivity index (χ2v) is 4.46. The average Bonchev–Trinajstić information content (AvgIpc) is 2.43. The molecule has 0 spiro atoms. The van der Waals surface area contributed by atoms with Crippen LogP contribution in [0.1, 0.15) is 30.1 Å². The number of aliphatic hydroxyl groups excluding tert-OH is 1. The smallest absolute Gasteiger partial charge is 0.258 e. The molecule has 0 saturated carbocycles. The van der Waals surface area contributed by atoms with Crippen molar-refractivity contribution in [1.29, 1.82) is 5.26 Å². The number of benzene rings is 1. The molecule has 0 bridgehead atoms. The summed E-state index contributed by atoms with van der Waals surface area (Å²) in [6, 6.07) is 7.34. The highest BCUT2D eigenvalue weighted by molar-refractivity contribution is 5.77. The van der Waals surface area contributed by atoms with Crippen LogP contribution in [0.3, 0.4) is 0 Å². The van der Waals surface area contributed by atoms with E-state index in [0.29, 0.717) is 5.75 Å². The van der Waals surface area contributed by atoms with E-state index < -0.39 is 6.10 Å². The van der Waals surface area contributed by atoms with Crippen molar-refractivity contribution in [3.05, 3.63) is 29.3 Å². The summed E-state index contributed by atoms with van der Waals surface area (Å²) in [7, 11) is 0. The lowest BCUT2D eigenvalue weighted by molar-refractivity contribution is -0.122. The SMILES string of the molecule is N#CCNC(=O)COc1cccc2c1CCCC2O. The molecule has 1 unspecified atom stereocenters. The largest absolute Gasteiger partial charge is 0.483 e. The first-order chi connectivity index (χ1) is 9.22. The highest BCUT2D eigenvalue weighted by Gasteiger charge is 2.21.